The first-order chi connectivity index (χ1) is 12.2. The monoisotopic (exact) mass is 359 g/mol. The number of ether oxygens (including phenoxy) is 1. The molecule has 1 aliphatic rings. The van der Waals surface area contributed by atoms with Gasteiger partial charge in [0.2, 0.25) is 5.91 Å². The molecule has 5 nitrogen and oxygen atoms in total. The van der Waals surface area contributed by atoms with E-state index in [4.69, 9.17) is 4.74 Å². The Kier molecular flexibility index (Phi) is 6.07. The zero-order valence-corrected chi connectivity index (χ0v) is 15.6. The van der Waals surface area contributed by atoms with Gasteiger partial charge in [-0.1, -0.05) is 12.1 Å². The van der Waals surface area contributed by atoms with Gasteiger partial charge in [0.05, 0.1) is 6.54 Å². The van der Waals surface area contributed by atoms with Gasteiger partial charge in [0, 0.05) is 36.1 Å². The topological polar surface area (TPSA) is 44.8 Å². The van der Waals surface area contributed by atoms with Crippen molar-refractivity contribution in [3.05, 3.63) is 46.7 Å². The number of likely N-dealkylation sites (N-methyl/N-ethyl adjacent to an activating group) is 1. The van der Waals surface area contributed by atoms with Crippen LogP contribution in [0.4, 0.5) is 5.69 Å². The molecule has 1 unspecified atom stereocenters. The minimum absolute atomic E-state index is 0.0193. The van der Waals surface area contributed by atoms with Crippen LogP contribution < -0.4 is 15.0 Å². The summed E-state index contributed by atoms with van der Waals surface area (Å²) in [4.78, 5) is 17.4. The quantitative estimate of drug-likeness (QED) is 0.826. The fourth-order valence-corrected chi connectivity index (χ4v) is 3.75. The molecular weight excluding hydrogens is 334 g/mol. The average Bonchev–Trinajstić information content (AvgIpc) is 3.13. The molecule has 1 atom stereocenters. The summed E-state index contributed by atoms with van der Waals surface area (Å²) in [6.07, 6.45) is 0.917. The van der Waals surface area contributed by atoms with Crippen molar-refractivity contribution >= 4 is 22.9 Å². The van der Waals surface area contributed by atoms with Gasteiger partial charge in [-0.25, -0.2) is 0 Å². The maximum Gasteiger partial charge on any atom is 0.241 e. The van der Waals surface area contributed by atoms with Crippen LogP contribution in [-0.4, -0.2) is 51.1 Å². The molecule has 1 aliphatic heterocycles. The van der Waals surface area contributed by atoms with Gasteiger partial charge in [0.15, 0.2) is 0 Å². The number of thiophene rings is 1. The Hall–Kier alpha value is -1.89. The minimum atomic E-state index is 0.0193. The Balaban J connectivity index is 1.75. The number of anilines is 1. The van der Waals surface area contributed by atoms with Crippen LogP contribution in [0.3, 0.4) is 0 Å². The second kappa shape index (κ2) is 8.47. The third-order valence-electron chi connectivity index (χ3n) is 4.34. The van der Waals surface area contributed by atoms with Crippen LogP contribution in [0, 0.1) is 0 Å². The van der Waals surface area contributed by atoms with Crippen LogP contribution >= 0.6 is 11.3 Å². The van der Waals surface area contributed by atoms with Crippen molar-refractivity contribution in [2.75, 3.05) is 45.2 Å². The molecule has 0 saturated carbocycles. The number of piperazine rings is 1. The molecule has 0 radical (unpaired) electrons. The largest absolute Gasteiger partial charge is 0.485 e. The zero-order chi connectivity index (χ0) is 17.6. The Labute approximate surface area is 153 Å². The van der Waals surface area contributed by atoms with Crippen molar-refractivity contribution in [1.82, 2.24) is 10.2 Å². The van der Waals surface area contributed by atoms with Crippen LogP contribution in [0.1, 0.15) is 17.4 Å². The lowest BCUT2D eigenvalue weighted by molar-refractivity contribution is -0.120. The summed E-state index contributed by atoms with van der Waals surface area (Å²) in [7, 11) is 3.92. The van der Waals surface area contributed by atoms with E-state index in [1.165, 1.54) is 4.88 Å². The Morgan fingerprint density at radius 2 is 2.16 bits per heavy atom. The second-order valence-corrected chi connectivity index (χ2v) is 7.27. The number of carbonyl (C=O) groups is 1. The van der Waals surface area contributed by atoms with E-state index in [0.717, 1.165) is 30.9 Å². The van der Waals surface area contributed by atoms with Crippen molar-refractivity contribution in [2.45, 2.75) is 12.5 Å². The lowest BCUT2D eigenvalue weighted by Gasteiger charge is -2.32. The molecule has 2 heterocycles. The van der Waals surface area contributed by atoms with Crippen molar-refractivity contribution in [3.63, 3.8) is 0 Å². The summed E-state index contributed by atoms with van der Waals surface area (Å²) in [5, 5.41) is 5.26. The summed E-state index contributed by atoms with van der Waals surface area (Å²) in [6, 6.07) is 12.0. The molecule has 1 aromatic carbocycles. The van der Waals surface area contributed by atoms with Gasteiger partial charge in [-0.3, -0.25) is 9.69 Å². The van der Waals surface area contributed by atoms with E-state index in [1.807, 2.05) is 48.2 Å². The van der Waals surface area contributed by atoms with Crippen molar-refractivity contribution < 1.29 is 9.53 Å². The van der Waals surface area contributed by atoms with E-state index in [-0.39, 0.29) is 12.0 Å². The summed E-state index contributed by atoms with van der Waals surface area (Å²) in [5.74, 6) is 0.939. The third-order valence-corrected chi connectivity index (χ3v) is 5.30. The highest BCUT2D eigenvalue weighted by Gasteiger charge is 2.23. The number of carbonyl (C=O) groups excluding carboxylic acids is 1. The highest BCUT2D eigenvalue weighted by Crippen LogP contribution is 2.30. The molecule has 1 fully saturated rings. The van der Waals surface area contributed by atoms with E-state index >= 15 is 0 Å². The first-order valence-electron chi connectivity index (χ1n) is 8.61. The fourth-order valence-electron chi connectivity index (χ4n) is 2.96. The predicted molar refractivity (Wildman–Crippen MR) is 103 cm³/mol. The Bertz CT molecular complexity index is 690. The van der Waals surface area contributed by atoms with Crippen LogP contribution in [0.15, 0.2) is 41.8 Å². The number of hydrogen-bond donors (Lipinski definition) is 1. The Morgan fingerprint density at radius 1 is 1.28 bits per heavy atom. The summed E-state index contributed by atoms with van der Waals surface area (Å²) in [5.41, 5.74) is 0.911. The van der Waals surface area contributed by atoms with Gasteiger partial charge in [0.1, 0.15) is 11.9 Å². The Morgan fingerprint density at radius 3 is 2.88 bits per heavy atom. The number of amides is 1. The molecule has 134 valence electrons. The standard InChI is InChI=1S/C19H25N3O2S/c1-20-9-8-17(18-7-4-12-25-18)24-16-6-3-5-15(13-16)22-11-10-21(2)14-19(22)23/h3-7,12-13,17,20H,8-11,14H2,1-2H3. The van der Waals surface area contributed by atoms with Crippen molar-refractivity contribution in [3.8, 4) is 5.75 Å². The highest BCUT2D eigenvalue weighted by atomic mass is 32.1. The number of hydrogen-bond acceptors (Lipinski definition) is 5. The van der Waals surface area contributed by atoms with Crippen molar-refractivity contribution in [1.29, 1.82) is 0 Å². The number of nitrogens with one attached hydrogen (secondary N) is 1. The normalized spacial score (nSPS) is 16.9. The summed E-state index contributed by atoms with van der Waals surface area (Å²) >= 11 is 1.71. The van der Waals surface area contributed by atoms with Crippen LogP contribution in [0.2, 0.25) is 0 Å². The third kappa shape index (κ3) is 4.60. The second-order valence-electron chi connectivity index (χ2n) is 6.29. The molecule has 1 aromatic heterocycles. The van der Waals surface area contributed by atoms with Gasteiger partial charge in [-0.15, -0.1) is 11.3 Å². The summed E-state index contributed by atoms with van der Waals surface area (Å²) < 4.78 is 6.27. The summed E-state index contributed by atoms with van der Waals surface area (Å²) in [6.45, 7) is 2.95. The molecule has 3 rings (SSSR count). The van der Waals surface area contributed by atoms with Gasteiger partial charge < -0.3 is 15.0 Å². The van der Waals surface area contributed by atoms with Gasteiger partial charge in [-0.05, 0) is 44.2 Å². The van der Waals surface area contributed by atoms with Crippen molar-refractivity contribution in [2.24, 2.45) is 0 Å². The SMILES string of the molecule is CNCCC(Oc1cccc(N2CCN(C)CC2=O)c1)c1cccs1. The van der Waals surface area contributed by atoms with Crippen LogP contribution in [0.25, 0.3) is 0 Å². The molecular formula is C19H25N3O2S. The molecule has 1 saturated heterocycles. The van der Waals surface area contributed by atoms with E-state index in [1.54, 1.807) is 11.3 Å². The van der Waals surface area contributed by atoms with Gasteiger partial charge >= 0.3 is 0 Å². The van der Waals surface area contributed by atoms with E-state index in [9.17, 15) is 4.79 Å². The van der Waals surface area contributed by atoms with Gasteiger partial charge in [-0.2, -0.15) is 0 Å². The first kappa shape index (κ1) is 17.9. The smallest absolute Gasteiger partial charge is 0.241 e. The zero-order valence-electron chi connectivity index (χ0n) is 14.8. The highest BCUT2D eigenvalue weighted by molar-refractivity contribution is 7.10. The molecule has 0 bridgehead atoms. The number of benzene rings is 1. The van der Waals surface area contributed by atoms with Crippen LogP contribution in [0.5, 0.6) is 5.75 Å². The number of nitrogens with zero attached hydrogens (tertiary/aromatic N) is 2. The fraction of sp³-hybridized carbons (Fsp3) is 0.421. The molecule has 1 N–H and O–H groups in total. The molecule has 0 spiro atoms. The molecule has 0 aliphatic carbocycles. The van der Waals surface area contributed by atoms with Gasteiger partial charge in [0.25, 0.3) is 0 Å². The first-order valence-corrected chi connectivity index (χ1v) is 9.49. The lowest BCUT2D eigenvalue weighted by Crippen LogP contribution is -2.48. The molecule has 2 aromatic rings. The molecule has 25 heavy (non-hydrogen) atoms. The molecule has 6 heteroatoms. The van der Waals surface area contributed by atoms with Crippen LogP contribution in [-0.2, 0) is 4.79 Å². The van der Waals surface area contributed by atoms with E-state index in [2.05, 4.69) is 22.8 Å². The maximum absolute atomic E-state index is 12.3. The predicted octanol–water partition coefficient (Wildman–Crippen LogP) is 2.76. The van der Waals surface area contributed by atoms with E-state index in [0.29, 0.717) is 13.1 Å². The molecule has 1 amide bonds. The minimum Gasteiger partial charge on any atom is -0.485 e. The number of rotatable bonds is 7. The van der Waals surface area contributed by atoms with E-state index < -0.39 is 0 Å². The maximum atomic E-state index is 12.3. The average molecular weight is 359 g/mol. The lowest BCUT2D eigenvalue weighted by atomic mass is 10.2.